The molecule has 1 saturated heterocycles. The number of hydrogen-bond acceptors (Lipinski definition) is 2. The van der Waals surface area contributed by atoms with Gasteiger partial charge in [0.25, 0.3) is 5.91 Å². The number of rotatable bonds is 5. The maximum Gasteiger partial charge on any atom is 0.254 e. The van der Waals surface area contributed by atoms with Crippen LogP contribution in [0.5, 0.6) is 0 Å². The van der Waals surface area contributed by atoms with Crippen molar-refractivity contribution in [3.05, 3.63) is 71.3 Å². The van der Waals surface area contributed by atoms with Gasteiger partial charge in [-0.1, -0.05) is 48.0 Å². The fourth-order valence-corrected chi connectivity index (χ4v) is 3.32. The Labute approximate surface area is 148 Å². The van der Waals surface area contributed by atoms with E-state index in [4.69, 9.17) is 0 Å². The minimum Gasteiger partial charge on any atom is -0.354 e. The lowest BCUT2D eigenvalue weighted by atomic mass is 10.1. The molecule has 4 nitrogen and oxygen atoms in total. The molecule has 2 aromatic rings. The molecule has 1 N–H and O–H groups in total. The molecule has 1 atom stereocenters. The number of carbonyl (C=O) groups is 2. The standard InChI is InChI=1S/C21H24N2O2/c1-16-7-5-10-18(15-16)21(25)23-14-6-11-19(23)20(24)22-13-12-17-8-3-2-4-9-17/h2-5,7-10,15,19H,6,11-14H2,1H3,(H,22,24). The fourth-order valence-electron chi connectivity index (χ4n) is 3.32. The van der Waals surface area contributed by atoms with E-state index in [0.29, 0.717) is 18.7 Å². The topological polar surface area (TPSA) is 49.4 Å². The highest BCUT2D eigenvalue weighted by atomic mass is 16.2. The van der Waals surface area contributed by atoms with Crippen LogP contribution < -0.4 is 5.32 Å². The molecule has 1 unspecified atom stereocenters. The van der Waals surface area contributed by atoms with Gasteiger partial charge in [0, 0.05) is 18.7 Å². The molecule has 0 bridgehead atoms. The van der Waals surface area contributed by atoms with Crippen molar-refractivity contribution in [2.45, 2.75) is 32.2 Å². The molecule has 2 amide bonds. The van der Waals surface area contributed by atoms with Crippen LogP contribution in [-0.4, -0.2) is 35.8 Å². The molecule has 1 aliphatic heterocycles. The molecule has 130 valence electrons. The molecule has 1 fully saturated rings. The van der Waals surface area contributed by atoms with Crippen molar-refractivity contribution in [3.63, 3.8) is 0 Å². The summed E-state index contributed by atoms with van der Waals surface area (Å²) in [4.78, 5) is 27.0. The minimum absolute atomic E-state index is 0.0468. The smallest absolute Gasteiger partial charge is 0.254 e. The zero-order chi connectivity index (χ0) is 17.6. The second-order valence-corrected chi connectivity index (χ2v) is 6.55. The number of carbonyl (C=O) groups excluding carboxylic acids is 2. The van der Waals surface area contributed by atoms with Gasteiger partial charge in [0.15, 0.2) is 0 Å². The highest BCUT2D eigenvalue weighted by Crippen LogP contribution is 2.20. The van der Waals surface area contributed by atoms with Gasteiger partial charge in [-0.3, -0.25) is 9.59 Å². The first-order valence-corrected chi connectivity index (χ1v) is 8.84. The molecule has 4 heteroatoms. The molecular formula is C21H24N2O2. The predicted molar refractivity (Wildman–Crippen MR) is 98.4 cm³/mol. The number of amides is 2. The molecule has 25 heavy (non-hydrogen) atoms. The summed E-state index contributed by atoms with van der Waals surface area (Å²) in [5.74, 6) is -0.0983. The van der Waals surface area contributed by atoms with Crippen LogP contribution in [0.15, 0.2) is 54.6 Å². The second-order valence-electron chi connectivity index (χ2n) is 6.55. The summed E-state index contributed by atoms with van der Waals surface area (Å²) in [6.45, 7) is 3.20. The lowest BCUT2D eigenvalue weighted by Gasteiger charge is -2.24. The van der Waals surface area contributed by atoms with E-state index < -0.39 is 0 Å². The third kappa shape index (κ3) is 4.27. The zero-order valence-corrected chi connectivity index (χ0v) is 14.6. The van der Waals surface area contributed by atoms with Gasteiger partial charge in [0.2, 0.25) is 5.91 Å². The number of aryl methyl sites for hydroxylation is 1. The van der Waals surface area contributed by atoms with Crippen LogP contribution in [0.4, 0.5) is 0 Å². The van der Waals surface area contributed by atoms with Gasteiger partial charge in [-0.2, -0.15) is 0 Å². The summed E-state index contributed by atoms with van der Waals surface area (Å²) in [7, 11) is 0. The lowest BCUT2D eigenvalue weighted by molar-refractivity contribution is -0.124. The van der Waals surface area contributed by atoms with Gasteiger partial charge in [-0.25, -0.2) is 0 Å². The summed E-state index contributed by atoms with van der Waals surface area (Å²) >= 11 is 0. The summed E-state index contributed by atoms with van der Waals surface area (Å²) in [6.07, 6.45) is 2.40. The van der Waals surface area contributed by atoms with Gasteiger partial charge in [-0.05, 0) is 43.9 Å². The third-order valence-corrected chi connectivity index (χ3v) is 4.64. The number of likely N-dealkylation sites (tertiary alicyclic amines) is 1. The van der Waals surface area contributed by atoms with E-state index in [-0.39, 0.29) is 17.9 Å². The Balaban J connectivity index is 1.59. The van der Waals surface area contributed by atoms with Crippen LogP contribution in [0.25, 0.3) is 0 Å². The van der Waals surface area contributed by atoms with Crippen molar-refractivity contribution < 1.29 is 9.59 Å². The Bertz CT molecular complexity index is 743. The second kappa shape index (κ2) is 7.97. The highest BCUT2D eigenvalue weighted by molar-refractivity contribution is 5.98. The van der Waals surface area contributed by atoms with Gasteiger partial charge in [0.05, 0.1) is 0 Å². The largest absolute Gasteiger partial charge is 0.354 e. The Morgan fingerprint density at radius 1 is 1.12 bits per heavy atom. The van der Waals surface area contributed by atoms with Crippen molar-refractivity contribution in [2.75, 3.05) is 13.1 Å². The molecular weight excluding hydrogens is 312 g/mol. The number of nitrogens with one attached hydrogen (secondary N) is 1. The van der Waals surface area contributed by atoms with Crippen LogP contribution in [0, 0.1) is 6.92 Å². The van der Waals surface area contributed by atoms with Crippen LogP contribution in [-0.2, 0) is 11.2 Å². The molecule has 1 heterocycles. The first-order valence-electron chi connectivity index (χ1n) is 8.84. The van der Waals surface area contributed by atoms with Crippen LogP contribution in [0.1, 0.15) is 34.3 Å². The monoisotopic (exact) mass is 336 g/mol. The van der Waals surface area contributed by atoms with Gasteiger partial charge in [-0.15, -0.1) is 0 Å². The van der Waals surface area contributed by atoms with Crippen molar-refractivity contribution in [1.29, 1.82) is 0 Å². The Morgan fingerprint density at radius 3 is 2.68 bits per heavy atom. The van der Waals surface area contributed by atoms with E-state index in [2.05, 4.69) is 17.4 Å². The quantitative estimate of drug-likeness (QED) is 0.912. The number of benzene rings is 2. The summed E-state index contributed by atoms with van der Waals surface area (Å²) in [5, 5.41) is 2.99. The zero-order valence-electron chi connectivity index (χ0n) is 14.6. The van der Waals surface area contributed by atoms with Gasteiger partial charge >= 0.3 is 0 Å². The number of nitrogens with zero attached hydrogens (tertiary/aromatic N) is 1. The first kappa shape index (κ1) is 17.2. The van der Waals surface area contributed by atoms with E-state index in [1.54, 1.807) is 4.90 Å². The molecule has 1 aliphatic rings. The number of hydrogen-bond donors (Lipinski definition) is 1. The van der Waals surface area contributed by atoms with Crippen LogP contribution >= 0.6 is 0 Å². The van der Waals surface area contributed by atoms with Crippen LogP contribution in [0.3, 0.4) is 0 Å². The summed E-state index contributed by atoms with van der Waals surface area (Å²) in [6, 6.07) is 17.3. The molecule has 0 spiro atoms. The minimum atomic E-state index is -0.358. The Kier molecular flexibility index (Phi) is 5.49. The van der Waals surface area contributed by atoms with Gasteiger partial charge < -0.3 is 10.2 Å². The summed E-state index contributed by atoms with van der Waals surface area (Å²) < 4.78 is 0. The van der Waals surface area contributed by atoms with Crippen molar-refractivity contribution >= 4 is 11.8 Å². The summed E-state index contributed by atoms with van der Waals surface area (Å²) in [5.41, 5.74) is 2.90. The predicted octanol–water partition coefficient (Wildman–Crippen LogP) is 2.96. The maximum atomic E-state index is 12.8. The van der Waals surface area contributed by atoms with E-state index in [9.17, 15) is 9.59 Å². The van der Waals surface area contributed by atoms with E-state index >= 15 is 0 Å². The normalized spacial score (nSPS) is 16.7. The molecule has 3 rings (SSSR count). The SMILES string of the molecule is Cc1cccc(C(=O)N2CCCC2C(=O)NCCc2ccccc2)c1. The lowest BCUT2D eigenvalue weighted by Crippen LogP contribution is -2.46. The molecule has 0 saturated carbocycles. The molecule has 2 aromatic carbocycles. The maximum absolute atomic E-state index is 12.8. The average Bonchev–Trinajstić information content (AvgIpc) is 3.12. The van der Waals surface area contributed by atoms with Crippen molar-refractivity contribution in [3.8, 4) is 0 Å². The van der Waals surface area contributed by atoms with Crippen molar-refractivity contribution in [2.24, 2.45) is 0 Å². The van der Waals surface area contributed by atoms with Crippen molar-refractivity contribution in [1.82, 2.24) is 10.2 Å². The Hall–Kier alpha value is -2.62. The van der Waals surface area contributed by atoms with Crippen LogP contribution in [0.2, 0.25) is 0 Å². The molecule has 0 aliphatic carbocycles. The van der Waals surface area contributed by atoms with E-state index in [0.717, 1.165) is 24.8 Å². The molecule has 0 aromatic heterocycles. The molecule has 0 radical (unpaired) electrons. The van der Waals surface area contributed by atoms with E-state index in [1.165, 1.54) is 5.56 Å². The fraction of sp³-hybridized carbons (Fsp3) is 0.333. The third-order valence-electron chi connectivity index (χ3n) is 4.64. The van der Waals surface area contributed by atoms with E-state index in [1.807, 2.05) is 49.4 Å². The first-order chi connectivity index (χ1) is 12.1. The highest BCUT2D eigenvalue weighted by Gasteiger charge is 2.34. The average molecular weight is 336 g/mol. The Morgan fingerprint density at radius 2 is 1.92 bits per heavy atom. The van der Waals surface area contributed by atoms with Gasteiger partial charge in [0.1, 0.15) is 6.04 Å².